The monoisotopic (exact) mass is 288 g/mol. The van der Waals surface area contributed by atoms with Gasteiger partial charge in [0.2, 0.25) is 0 Å². The van der Waals surface area contributed by atoms with Crippen LogP contribution in [-0.2, 0) is 0 Å². The van der Waals surface area contributed by atoms with Crippen LogP contribution in [0.4, 0.5) is 5.69 Å². The Kier molecular flexibility index (Phi) is 5.69. The van der Waals surface area contributed by atoms with Gasteiger partial charge in [-0.25, -0.2) is 0 Å². The highest BCUT2D eigenvalue weighted by atomic mass is 15.1. The zero-order chi connectivity index (χ0) is 15.3. The first-order valence-corrected chi connectivity index (χ1v) is 8.53. The van der Waals surface area contributed by atoms with Gasteiger partial charge in [-0.05, 0) is 44.4 Å². The highest BCUT2D eigenvalue weighted by Gasteiger charge is 2.35. The number of nitrogens with one attached hydrogen (secondary N) is 1. The van der Waals surface area contributed by atoms with Gasteiger partial charge in [-0.3, -0.25) is 0 Å². The lowest BCUT2D eigenvalue weighted by Gasteiger charge is -2.43. The van der Waals surface area contributed by atoms with Crippen LogP contribution in [0.5, 0.6) is 0 Å². The number of hydrogen-bond donors (Lipinski definition) is 1. The van der Waals surface area contributed by atoms with E-state index in [-0.39, 0.29) is 0 Å². The van der Waals surface area contributed by atoms with E-state index in [1.54, 1.807) is 0 Å². The van der Waals surface area contributed by atoms with Crippen molar-refractivity contribution in [1.29, 1.82) is 0 Å². The SMILES string of the molecule is CCNCC1(CN(C)c2ccc(C)cc2)CCCC(C)C1. The number of aryl methyl sites for hydroxylation is 1. The van der Waals surface area contributed by atoms with Gasteiger partial charge in [0, 0.05) is 31.2 Å². The number of benzene rings is 1. The molecule has 0 spiro atoms. The fraction of sp³-hybridized carbons (Fsp3) is 0.684. The number of hydrogen-bond acceptors (Lipinski definition) is 2. The Hall–Kier alpha value is -1.02. The van der Waals surface area contributed by atoms with Crippen molar-refractivity contribution in [3.8, 4) is 0 Å². The molecule has 2 heteroatoms. The maximum atomic E-state index is 3.62. The zero-order valence-corrected chi connectivity index (χ0v) is 14.3. The Bertz CT molecular complexity index is 426. The minimum Gasteiger partial charge on any atom is -0.374 e. The molecule has 2 atom stereocenters. The molecule has 21 heavy (non-hydrogen) atoms. The van der Waals surface area contributed by atoms with Gasteiger partial charge in [0.1, 0.15) is 0 Å². The lowest BCUT2D eigenvalue weighted by atomic mass is 9.69. The normalized spacial score (nSPS) is 25.8. The van der Waals surface area contributed by atoms with Crippen molar-refractivity contribution >= 4 is 5.69 Å². The third-order valence-corrected chi connectivity index (χ3v) is 4.98. The molecular weight excluding hydrogens is 256 g/mol. The van der Waals surface area contributed by atoms with E-state index < -0.39 is 0 Å². The Labute approximate surface area is 130 Å². The van der Waals surface area contributed by atoms with Gasteiger partial charge in [0.15, 0.2) is 0 Å². The lowest BCUT2D eigenvalue weighted by molar-refractivity contribution is 0.149. The number of rotatable bonds is 6. The van der Waals surface area contributed by atoms with Crippen molar-refractivity contribution in [3.63, 3.8) is 0 Å². The summed E-state index contributed by atoms with van der Waals surface area (Å²) in [4.78, 5) is 2.45. The first kappa shape index (κ1) is 16.4. The highest BCUT2D eigenvalue weighted by Crippen LogP contribution is 2.40. The summed E-state index contributed by atoms with van der Waals surface area (Å²) >= 11 is 0. The van der Waals surface area contributed by atoms with Gasteiger partial charge in [-0.1, -0.05) is 44.4 Å². The summed E-state index contributed by atoms with van der Waals surface area (Å²) in [5, 5.41) is 3.62. The van der Waals surface area contributed by atoms with E-state index in [1.165, 1.54) is 36.9 Å². The first-order valence-electron chi connectivity index (χ1n) is 8.53. The van der Waals surface area contributed by atoms with Crippen LogP contribution in [0, 0.1) is 18.3 Å². The standard InChI is InChI=1S/C19H32N2/c1-5-20-14-19(12-6-7-17(3)13-19)15-21(4)18-10-8-16(2)9-11-18/h8-11,17,20H,5-7,12-15H2,1-4H3. The van der Waals surface area contributed by atoms with Crippen molar-refractivity contribution < 1.29 is 0 Å². The summed E-state index contributed by atoms with van der Waals surface area (Å²) in [6.07, 6.45) is 5.51. The Morgan fingerprint density at radius 2 is 2.00 bits per heavy atom. The summed E-state index contributed by atoms with van der Waals surface area (Å²) in [6.45, 7) is 10.2. The van der Waals surface area contributed by atoms with Gasteiger partial charge >= 0.3 is 0 Å². The maximum absolute atomic E-state index is 3.62. The molecule has 0 aromatic heterocycles. The van der Waals surface area contributed by atoms with E-state index >= 15 is 0 Å². The van der Waals surface area contributed by atoms with Crippen molar-refractivity contribution in [1.82, 2.24) is 5.32 Å². The smallest absolute Gasteiger partial charge is 0.0363 e. The van der Waals surface area contributed by atoms with E-state index in [2.05, 4.69) is 62.3 Å². The minimum absolute atomic E-state index is 0.438. The lowest BCUT2D eigenvalue weighted by Crippen LogP contribution is -2.45. The average molecular weight is 288 g/mol. The fourth-order valence-electron chi connectivity index (χ4n) is 3.91. The van der Waals surface area contributed by atoms with Crippen LogP contribution >= 0.6 is 0 Å². The molecule has 0 radical (unpaired) electrons. The molecule has 2 unspecified atom stereocenters. The predicted molar refractivity (Wildman–Crippen MR) is 93.1 cm³/mol. The van der Waals surface area contributed by atoms with Crippen LogP contribution < -0.4 is 10.2 Å². The molecule has 0 aliphatic heterocycles. The molecule has 1 aliphatic rings. The van der Waals surface area contributed by atoms with E-state index in [0.717, 1.165) is 25.6 Å². The number of anilines is 1. The Morgan fingerprint density at radius 3 is 2.62 bits per heavy atom. The molecule has 0 amide bonds. The quantitative estimate of drug-likeness (QED) is 0.842. The van der Waals surface area contributed by atoms with Crippen LogP contribution in [-0.4, -0.2) is 26.7 Å². The summed E-state index contributed by atoms with van der Waals surface area (Å²) in [5.41, 5.74) is 3.11. The summed E-state index contributed by atoms with van der Waals surface area (Å²) < 4.78 is 0. The zero-order valence-electron chi connectivity index (χ0n) is 14.3. The van der Waals surface area contributed by atoms with Crippen molar-refractivity contribution in [2.45, 2.75) is 46.5 Å². The average Bonchev–Trinajstić information content (AvgIpc) is 2.46. The molecule has 2 rings (SSSR count). The van der Waals surface area contributed by atoms with Crippen molar-refractivity contribution in [2.75, 3.05) is 31.6 Å². The third kappa shape index (κ3) is 4.47. The van der Waals surface area contributed by atoms with Crippen molar-refractivity contribution in [3.05, 3.63) is 29.8 Å². The predicted octanol–water partition coefficient (Wildman–Crippen LogP) is 4.24. The topological polar surface area (TPSA) is 15.3 Å². The van der Waals surface area contributed by atoms with E-state index in [4.69, 9.17) is 0 Å². The van der Waals surface area contributed by atoms with Gasteiger partial charge in [0.25, 0.3) is 0 Å². The minimum atomic E-state index is 0.438. The summed E-state index contributed by atoms with van der Waals surface area (Å²) in [6, 6.07) is 8.93. The molecule has 1 aliphatic carbocycles. The van der Waals surface area contributed by atoms with Crippen LogP contribution in [0.25, 0.3) is 0 Å². The molecule has 0 saturated heterocycles. The van der Waals surface area contributed by atoms with Crippen LogP contribution in [0.3, 0.4) is 0 Å². The molecule has 1 N–H and O–H groups in total. The van der Waals surface area contributed by atoms with Crippen LogP contribution in [0.15, 0.2) is 24.3 Å². The molecular formula is C19H32N2. The second-order valence-electron chi connectivity index (χ2n) is 7.17. The molecule has 0 bridgehead atoms. The molecule has 1 aromatic carbocycles. The Balaban J connectivity index is 2.08. The largest absolute Gasteiger partial charge is 0.374 e. The second kappa shape index (κ2) is 7.31. The molecule has 0 heterocycles. The number of nitrogens with zero attached hydrogens (tertiary/aromatic N) is 1. The maximum Gasteiger partial charge on any atom is 0.0363 e. The second-order valence-corrected chi connectivity index (χ2v) is 7.17. The van der Waals surface area contributed by atoms with E-state index in [0.29, 0.717) is 5.41 Å². The van der Waals surface area contributed by atoms with E-state index in [1.807, 2.05) is 0 Å². The molecule has 1 aromatic rings. The summed E-state index contributed by atoms with van der Waals surface area (Å²) in [5.74, 6) is 0.865. The molecule has 2 nitrogen and oxygen atoms in total. The third-order valence-electron chi connectivity index (χ3n) is 4.98. The molecule has 1 fully saturated rings. The molecule has 1 saturated carbocycles. The van der Waals surface area contributed by atoms with E-state index in [9.17, 15) is 0 Å². The van der Waals surface area contributed by atoms with Gasteiger partial charge in [-0.2, -0.15) is 0 Å². The Morgan fingerprint density at radius 1 is 1.29 bits per heavy atom. The van der Waals surface area contributed by atoms with Gasteiger partial charge < -0.3 is 10.2 Å². The molecule has 118 valence electrons. The highest BCUT2D eigenvalue weighted by molar-refractivity contribution is 5.47. The van der Waals surface area contributed by atoms with Gasteiger partial charge in [0.05, 0.1) is 0 Å². The van der Waals surface area contributed by atoms with Gasteiger partial charge in [-0.15, -0.1) is 0 Å². The van der Waals surface area contributed by atoms with Crippen LogP contribution in [0.1, 0.15) is 45.1 Å². The van der Waals surface area contributed by atoms with Crippen molar-refractivity contribution in [2.24, 2.45) is 11.3 Å². The summed E-state index contributed by atoms with van der Waals surface area (Å²) in [7, 11) is 2.25. The van der Waals surface area contributed by atoms with Crippen LogP contribution in [0.2, 0.25) is 0 Å². The fourth-order valence-corrected chi connectivity index (χ4v) is 3.91. The first-order chi connectivity index (χ1) is 10.0.